The molecule has 0 saturated heterocycles. The Bertz CT molecular complexity index is 894. The van der Waals surface area contributed by atoms with E-state index in [9.17, 15) is 13.2 Å². The first-order chi connectivity index (χ1) is 12.7. The Labute approximate surface area is 161 Å². The van der Waals surface area contributed by atoms with Crippen molar-refractivity contribution in [3.8, 4) is 5.75 Å². The van der Waals surface area contributed by atoms with Crippen LogP contribution in [0.4, 0.5) is 0 Å². The van der Waals surface area contributed by atoms with Crippen LogP contribution in [-0.2, 0) is 10.0 Å². The molecule has 0 heterocycles. The van der Waals surface area contributed by atoms with Gasteiger partial charge in [0.25, 0.3) is 5.91 Å². The lowest BCUT2D eigenvalue weighted by atomic mass is 10.2. The minimum atomic E-state index is -3.64. The number of carbonyl (C=O) groups is 1. The monoisotopic (exact) mass is 390 g/mol. The third kappa shape index (κ3) is 6.08. The average molecular weight is 391 g/mol. The van der Waals surface area contributed by atoms with E-state index in [-0.39, 0.29) is 16.8 Å². The van der Waals surface area contributed by atoms with Gasteiger partial charge in [-0.2, -0.15) is 0 Å². The number of hydrogen-bond acceptors (Lipinski definition) is 4. The summed E-state index contributed by atoms with van der Waals surface area (Å²) in [5.41, 5.74) is 1.42. The zero-order chi connectivity index (χ0) is 20.0. The second-order valence-electron chi connectivity index (χ2n) is 6.70. The molecule has 2 rings (SSSR count). The summed E-state index contributed by atoms with van der Waals surface area (Å²) in [6.07, 6.45) is 0. The van der Waals surface area contributed by atoms with Crippen LogP contribution in [-0.4, -0.2) is 45.5 Å². The number of carbonyl (C=O) groups excluding carboxylic acids is 1. The molecule has 0 saturated carbocycles. The van der Waals surface area contributed by atoms with Gasteiger partial charge in [-0.15, -0.1) is 0 Å². The van der Waals surface area contributed by atoms with Crippen LogP contribution in [0.25, 0.3) is 0 Å². The van der Waals surface area contributed by atoms with Crippen LogP contribution in [0, 0.1) is 6.92 Å². The van der Waals surface area contributed by atoms with Gasteiger partial charge in [0.05, 0.1) is 11.4 Å². The van der Waals surface area contributed by atoms with Crippen molar-refractivity contribution in [3.63, 3.8) is 0 Å². The fourth-order valence-electron chi connectivity index (χ4n) is 2.50. The van der Waals surface area contributed by atoms with Gasteiger partial charge in [-0.3, -0.25) is 4.79 Å². The predicted molar refractivity (Wildman–Crippen MR) is 106 cm³/mol. The Kier molecular flexibility index (Phi) is 6.98. The number of amides is 1. The Balaban J connectivity index is 2.01. The van der Waals surface area contributed by atoms with Crippen molar-refractivity contribution in [1.29, 1.82) is 0 Å². The molecule has 0 aliphatic heterocycles. The summed E-state index contributed by atoms with van der Waals surface area (Å²) in [6, 6.07) is 13.5. The Morgan fingerprint density at radius 2 is 1.85 bits per heavy atom. The molecule has 146 valence electrons. The number of benzene rings is 2. The van der Waals surface area contributed by atoms with Crippen LogP contribution in [0.1, 0.15) is 29.8 Å². The summed E-state index contributed by atoms with van der Waals surface area (Å²) in [5.74, 6) is 0.494. The molecule has 0 spiro atoms. The van der Waals surface area contributed by atoms with Crippen molar-refractivity contribution in [3.05, 3.63) is 59.7 Å². The highest BCUT2D eigenvalue weighted by molar-refractivity contribution is 7.89. The molecule has 2 aromatic carbocycles. The molecule has 0 fully saturated rings. The molecule has 7 heteroatoms. The SMILES string of the molecule is Cc1cccc(OCCN(C)C(=O)c2cccc(S(=O)(=O)NC(C)C)c2)c1. The lowest BCUT2D eigenvalue weighted by Gasteiger charge is -2.18. The van der Waals surface area contributed by atoms with Gasteiger partial charge in [-0.05, 0) is 56.7 Å². The highest BCUT2D eigenvalue weighted by atomic mass is 32.2. The van der Waals surface area contributed by atoms with Crippen molar-refractivity contribution in [1.82, 2.24) is 9.62 Å². The van der Waals surface area contributed by atoms with Gasteiger partial charge in [0.15, 0.2) is 0 Å². The number of likely N-dealkylation sites (N-methyl/N-ethyl adjacent to an activating group) is 1. The smallest absolute Gasteiger partial charge is 0.253 e. The molecule has 0 aliphatic carbocycles. The maximum absolute atomic E-state index is 12.6. The summed E-state index contributed by atoms with van der Waals surface area (Å²) >= 11 is 0. The third-order valence-electron chi connectivity index (χ3n) is 3.81. The summed E-state index contributed by atoms with van der Waals surface area (Å²) in [5, 5.41) is 0. The first-order valence-electron chi connectivity index (χ1n) is 8.76. The van der Waals surface area contributed by atoms with Crippen molar-refractivity contribution in [2.24, 2.45) is 0 Å². The topological polar surface area (TPSA) is 75.7 Å². The van der Waals surface area contributed by atoms with E-state index in [1.807, 2.05) is 31.2 Å². The van der Waals surface area contributed by atoms with Crippen LogP contribution in [0.5, 0.6) is 5.75 Å². The van der Waals surface area contributed by atoms with E-state index in [1.165, 1.54) is 17.0 Å². The molecular weight excluding hydrogens is 364 g/mol. The molecule has 6 nitrogen and oxygen atoms in total. The standard InChI is InChI=1S/C20H26N2O4S/c1-15(2)21-27(24,25)19-10-6-8-17(14-19)20(23)22(4)11-12-26-18-9-5-7-16(3)13-18/h5-10,13-15,21H,11-12H2,1-4H3. The quantitative estimate of drug-likeness (QED) is 0.752. The lowest BCUT2D eigenvalue weighted by Crippen LogP contribution is -2.32. The molecule has 1 N–H and O–H groups in total. The fraction of sp³-hybridized carbons (Fsp3) is 0.350. The van der Waals surface area contributed by atoms with Crippen molar-refractivity contribution in [2.75, 3.05) is 20.2 Å². The summed E-state index contributed by atoms with van der Waals surface area (Å²) in [7, 11) is -1.98. The van der Waals surface area contributed by atoms with Gasteiger partial charge in [-0.25, -0.2) is 13.1 Å². The first-order valence-corrected chi connectivity index (χ1v) is 10.2. The van der Waals surface area contributed by atoms with Gasteiger partial charge in [0, 0.05) is 18.7 Å². The predicted octanol–water partition coefficient (Wildman–Crippen LogP) is 2.83. The van der Waals surface area contributed by atoms with Gasteiger partial charge < -0.3 is 9.64 Å². The maximum atomic E-state index is 12.6. The lowest BCUT2D eigenvalue weighted by molar-refractivity contribution is 0.0773. The number of aryl methyl sites for hydroxylation is 1. The summed E-state index contributed by atoms with van der Waals surface area (Å²) in [6.45, 7) is 6.20. The van der Waals surface area contributed by atoms with E-state index < -0.39 is 10.0 Å². The Hall–Kier alpha value is -2.38. The zero-order valence-corrected chi connectivity index (χ0v) is 16.9. The van der Waals surface area contributed by atoms with Gasteiger partial charge in [-0.1, -0.05) is 18.2 Å². The molecule has 0 bridgehead atoms. The van der Waals surface area contributed by atoms with E-state index in [2.05, 4.69) is 4.72 Å². The number of rotatable bonds is 8. The normalized spacial score (nSPS) is 11.4. The van der Waals surface area contributed by atoms with Crippen LogP contribution in [0.3, 0.4) is 0 Å². The van der Waals surface area contributed by atoms with Crippen molar-refractivity contribution in [2.45, 2.75) is 31.7 Å². The second-order valence-corrected chi connectivity index (χ2v) is 8.41. The highest BCUT2D eigenvalue weighted by Gasteiger charge is 2.18. The van der Waals surface area contributed by atoms with Gasteiger partial charge >= 0.3 is 0 Å². The van der Waals surface area contributed by atoms with E-state index in [0.29, 0.717) is 18.7 Å². The molecule has 1 amide bonds. The zero-order valence-electron chi connectivity index (χ0n) is 16.1. The third-order valence-corrected chi connectivity index (χ3v) is 5.47. The van der Waals surface area contributed by atoms with E-state index >= 15 is 0 Å². The minimum absolute atomic E-state index is 0.0754. The summed E-state index contributed by atoms with van der Waals surface area (Å²) in [4.78, 5) is 14.2. The van der Waals surface area contributed by atoms with Gasteiger partial charge in [0.2, 0.25) is 10.0 Å². The maximum Gasteiger partial charge on any atom is 0.253 e. The summed E-state index contributed by atoms with van der Waals surface area (Å²) < 4.78 is 32.8. The minimum Gasteiger partial charge on any atom is -0.492 e. The first kappa shape index (κ1) is 20.9. The fourth-order valence-corrected chi connectivity index (χ4v) is 3.80. The number of hydrogen-bond donors (Lipinski definition) is 1. The van der Waals surface area contributed by atoms with Crippen LogP contribution in [0.15, 0.2) is 53.4 Å². The molecule has 0 radical (unpaired) electrons. The number of ether oxygens (including phenoxy) is 1. The van der Waals surface area contributed by atoms with E-state index in [0.717, 1.165) is 11.3 Å². The van der Waals surface area contributed by atoms with Crippen molar-refractivity contribution >= 4 is 15.9 Å². The van der Waals surface area contributed by atoms with E-state index in [1.54, 1.807) is 33.0 Å². The molecule has 0 aliphatic rings. The largest absolute Gasteiger partial charge is 0.492 e. The molecule has 0 aromatic heterocycles. The molecule has 0 unspecified atom stereocenters. The Morgan fingerprint density at radius 1 is 1.15 bits per heavy atom. The Morgan fingerprint density at radius 3 is 2.52 bits per heavy atom. The molecule has 27 heavy (non-hydrogen) atoms. The molecular formula is C20H26N2O4S. The van der Waals surface area contributed by atoms with Crippen LogP contribution < -0.4 is 9.46 Å². The number of nitrogens with one attached hydrogen (secondary N) is 1. The molecule has 2 aromatic rings. The van der Waals surface area contributed by atoms with Crippen molar-refractivity contribution < 1.29 is 17.9 Å². The molecule has 0 atom stereocenters. The van der Waals surface area contributed by atoms with E-state index in [4.69, 9.17) is 4.74 Å². The number of sulfonamides is 1. The van der Waals surface area contributed by atoms with Gasteiger partial charge in [0.1, 0.15) is 12.4 Å². The van der Waals surface area contributed by atoms with Crippen LogP contribution >= 0.6 is 0 Å². The average Bonchev–Trinajstić information content (AvgIpc) is 2.60. The number of nitrogens with zero attached hydrogens (tertiary/aromatic N) is 1. The van der Waals surface area contributed by atoms with Crippen LogP contribution in [0.2, 0.25) is 0 Å². The second kappa shape index (κ2) is 9.01. The highest BCUT2D eigenvalue weighted by Crippen LogP contribution is 2.14.